The predicted octanol–water partition coefficient (Wildman–Crippen LogP) is 1.24. The van der Waals surface area contributed by atoms with E-state index in [0.717, 1.165) is 25.0 Å². The van der Waals surface area contributed by atoms with Crippen molar-refractivity contribution in [2.24, 2.45) is 5.73 Å². The molecule has 0 aliphatic carbocycles. The average molecular weight is 262 g/mol. The van der Waals surface area contributed by atoms with Gasteiger partial charge in [0, 0.05) is 13.2 Å². The molecule has 19 heavy (non-hydrogen) atoms. The van der Waals surface area contributed by atoms with Gasteiger partial charge in [-0.15, -0.1) is 0 Å². The standard InChI is InChI=1S/C15H22N2O2/c16-14(10-12-6-2-1-3-7-12)15(18)17-11-13-8-4-5-9-19-13/h1-3,6-7,13-14H,4-5,8-11,16H2,(H,17,18)/t13?,14-/m1/s1. The van der Waals surface area contributed by atoms with Crippen molar-refractivity contribution in [1.82, 2.24) is 5.32 Å². The second-order valence-corrected chi connectivity index (χ2v) is 5.03. The molecule has 0 saturated carbocycles. The average Bonchev–Trinajstić information content (AvgIpc) is 2.47. The Bertz CT molecular complexity index is 388. The number of amides is 1. The first kappa shape index (κ1) is 14.0. The molecule has 1 aliphatic heterocycles. The van der Waals surface area contributed by atoms with Crippen LogP contribution in [0.2, 0.25) is 0 Å². The van der Waals surface area contributed by atoms with Crippen molar-refractivity contribution in [3.8, 4) is 0 Å². The maximum Gasteiger partial charge on any atom is 0.237 e. The number of nitrogens with two attached hydrogens (primary N) is 1. The zero-order chi connectivity index (χ0) is 13.5. The van der Waals surface area contributed by atoms with Crippen molar-refractivity contribution in [2.75, 3.05) is 13.2 Å². The summed E-state index contributed by atoms with van der Waals surface area (Å²) in [5.74, 6) is -0.0990. The molecule has 0 bridgehead atoms. The van der Waals surface area contributed by atoms with E-state index < -0.39 is 6.04 Å². The van der Waals surface area contributed by atoms with Crippen LogP contribution in [0.3, 0.4) is 0 Å². The summed E-state index contributed by atoms with van der Waals surface area (Å²) >= 11 is 0. The van der Waals surface area contributed by atoms with Gasteiger partial charge in [-0.05, 0) is 31.2 Å². The molecule has 0 radical (unpaired) electrons. The van der Waals surface area contributed by atoms with Gasteiger partial charge in [-0.1, -0.05) is 30.3 Å². The Morgan fingerprint density at radius 2 is 2.16 bits per heavy atom. The summed E-state index contributed by atoms with van der Waals surface area (Å²) in [6, 6.07) is 9.33. The second-order valence-electron chi connectivity index (χ2n) is 5.03. The van der Waals surface area contributed by atoms with Crippen LogP contribution in [0.25, 0.3) is 0 Å². The van der Waals surface area contributed by atoms with E-state index >= 15 is 0 Å². The van der Waals surface area contributed by atoms with E-state index in [2.05, 4.69) is 5.32 Å². The van der Waals surface area contributed by atoms with Crippen LogP contribution in [0.5, 0.6) is 0 Å². The lowest BCUT2D eigenvalue weighted by Crippen LogP contribution is -2.45. The number of ether oxygens (including phenoxy) is 1. The third-order valence-electron chi connectivity index (χ3n) is 3.41. The molecule has 1 amide bonds. The van der Waals surface area contributed by atoms with Gasteiger partial charge in [-0.25, -0.2) is 0 Å². The van der Waals surface area contributed by atoms with Gasteiger partial charge in [-0.3, -0.25) is 4.79 Å². The van der Waals surface area contributed by atoms with Crippen LogP contribution in [0.15, 0.2) is 30.3 Å². The number of hydrogen-bond donors (Lipinski definition) is 2. The van der Waals surface area contributed by atoms with Crippen molar-refractivity contribution in [2.45, 2.75) is 37.8 Å². The summed E-state index contributed by atoms with van der Waals surface area (Å²) in [5.41, 5.74) is 6.99. The summed E-state index contributed by atoms with van der Waals surface area (Å²) < 4.78 is 5.57. The van der Waals surface area contributed by atoms with Crippen LogP contribution in [0.4, 0.5) is 0 Å². The smallest absolute Gasteiger partial charge is 0.237 e. The molecule has 0 spiro atoms. The summed E-state index contributed by atoms with van der Waals surface area (Å²) in [6.45, 7) is 1.37. The highest BCUT2D eigenvalue weighted by atomic mass is 16.5. The lowest BCUT2D eigenvalue weighted by molar-refractivity contribution is -0.123. The molecule has 1 aromatic carbocycles. The molecule has 4 nitrogen and oxygen atoms in total. The van der Waals surface area contributed by atoms with Crippen molar-refractivity contribution in [3.63, 3.8) is 0 Å². The molecule has 1 heterocycles. The van der Waals surface area contributed by atoms with Crippen LogP contribution >= 0.6 is 0 Å². The molecule has 1 fully saturated rings. The third kappa shape index (κ3) is 4.65. The Balaban J connectivity index is 1.73. The highest BCUT2D eigenvalue weighted by Crippen LogP contribution is 2.11. The van der Waals surface area contributed by atoms with E-state index in [1.807, 2.05) is 30.3 Å². The zero-order valence-electron chi connectivity index (χ0n) is 11.2. The van der Waals surface area contributed by atoms with Gasteiger partial charge >= 0.3 is 0 Å². The van der Waals surface area contributed by atoms with Crippen molar-refractivity contribution in [1.29, 1.82) is 0 Å². The first-order valence-electron chi connectivity index (χ1n) is 6.94. The third-order valence-corrected chi connectivity index (χ3v) is 3.41. The lowest BCUT2D eigenvalue weighted by atomic mass is 10.1. The van der Waals surface area contributed by atoms with Crippen LogP contribution in [-0.2, 0) is 16.0 Å². The highest BCUT2D eigenvalue weighted by Gasteiger charge is 2.18. The van der Waals surface area contributed by atoms with Crippen LogP contribution < -0.4 is 11.1 Å². The van der Waals surface area contributed by atoms with Crippen molar-refractivity contribution < 1.29 is 9.53 Å². The summed E-state index contributed by atoms with van der Waals surface area (Å²) in [4.78, 5) is 11.9. The second kappa shape index (κ2) is 7.26. The fraction of sp³-hybridized carbons (Fsp3) is 0.533. The number of carbonyl (C=O) groups excluding carboxylic acids is 1. The topological polar surface area (TPSA) is 64.4 Å². The number of nitrogens with one attached hydrogen (secondary N) is 1. The number of hydrogen-bond acceptors (Lipinski definition) is 3. The quantitative estimate of drug-likeness (QED) is 0.839. The molecule has 2 rings (SSSR count). The molecular weight excluding hydrogens is 240 g/mol. The Morgan fingerprint density at radius 3 is 2.84 bits per heavy atom. The summed E-state index contributed by atoms with van der Waals surface area (Å²) in [7, 11) is 0. The maximum absolute atomic E-state index is 11.9. The van der Waals surface area contributed by atoms with Crippen LogP contribution in [-0.4, -0.2) is 31.2 Å². The first-order chi connectivity index (χ1) is 9.25. The maximum atomic E-state index is 11.9. The Hall–Kier alpha value is -1.39. The molecule has 1 aliphatic rings. The van der Waals surface area contributed by atoms with E-state index in [1.54, 1.807) is 0 Å². The fourth-order valence-corrected chi connectivity index (χ4v) is 2.27. The Labute approximate surface area is 114 Å². The molecular formula is C15H22N2O2. The van der Waals surface area contributed by atoms with E-state index in [-0.39, 0.29) is 12.0 Å². The fourth-order valence-electron chi connectivity index (χ4n) is 2.27. The largest absolute Gasteiger partial charge is 0.376 e. The molecule has 104 valence electrons. The molecule has 3 N–H and O–H groups in total. The van der Waals surface area contributed by atoms with E-state index in [9.17, 15) is 4.79 Å². The van der Waals surface area contributed by atoms with Gasteiger partial charge in [0.1, 0.15) is 0 Å². The first-order valence-corrected chi connectivity index (χ1v) is 6.94. The predicted molar refractivity (Wildman–Crippen MR) is 74.7 cm³/mol. The molecule has 1 saturated heterocycles. The minimum atomic E-state index is -0.494. The number of benzene rings is 1. The number of rotatable bonds is 5. The van der Waals surface area contributed by atoms with Crippen LogP contribution in [0.1, 0.15) is 24.8 Å². The van der Waals surface area contributed by atoms with Gasteiger partial charge in [0.2, 0.25) is 5.91 Å². The lowest BCUT2D eigenvalue weighted by Gasteiger charge is -2.23. The van der Waals surface area contributed by atoms with Gasteiger partial charge < -0.3 is 15.8 Å². The minimum absolute atomic E-state index is 0.0990. The highest BCUT2D eigenvalue weighted by molar-refractivity contribution is 5.81. The summed E-state index contributed by atoms with van der Waals surface area (Å²) in [6.07, 6.45) is 4.04. The van der Waals surface area contributed by atoms with E-state index in [1.165, 1.54) is 6.42 Å². The molecule has 1 aromatic rings. The Morgan fingerprint density at radius 1 is 1.37 bits per heavy atom. The summed E-state index contributed by atoms with van der Waals surface area (Å²) in [5, 5.41) is 2.88. The van der Waals surface area contributed by atoms with Gasteiger partial charge in [-0.2, -0.15) is 0 Å². The minimum Gasteiger partial charge on any atom is -0.376 e. The van der Waals surface area contributed by atoms with Gasteiger partial charge in [0.15, 0.2) is 0 Å². The Kier molecular flexibility index (Phi) is 5.36. The number of carbonyl (C=O) groups is 1. The van der Waals surface area contributed by atoms with E-state index in [4.69, 9.17) is 10.5 Å². The zero-order valence-corrected chi connectivity index (χ0v) is 11.2. The van der Waals surface area contributed by atoms with Gasteiger partial charge in [0.05, 0.1) is 12.1 Å². The van der Waals surface area contributed by atoms with Gasteiger partial charge in [0.25, 0.3) is 0 Å². The molecule has 1 unspecified atom stereocenters. The monoisotopic (exact) mass is 262 g/mol. The molecule has 0 aromatic heterocycles. The van der Waals surface area contributed by atoms with Crippen LogP contribution in [0, 0.1) is 0 Å². The SMILES string of the molecule is N[C@H](Cc1ccccc1)C(=O)NCC1CCCCO1. The van der Waals surface area contributed by atoms with Crippen molar-refractivity contribution >= 4 is 5.91 Å². The van der Waals surface area contributed by atoms with Crippen molar-refractivity contribution in [3.05, 3.63) is 35.9 Å². The normalized spacial score (nSPS) is 20.8. The molecule has 2 atom stereocenters. The molecule has 4 heteroatoms. The van der Waals surface area contributed by atoms with E-state index in [0.29, 0.717) is 13.0 Å².